The first-order valence-corrected chi connectivity index (χ1v) is 9.61. The van der Waals surface area contributed by atoms with Gasteiger partial charge in [-0.3, -0.25) is 4.79 Å². The SMILES string of the molecule is CCc1c2c(nc3ccc(O)cc13)-c1cc3c(c(=O)n1C2)COCC3CC. The second-order valence-corrected chi connectivity index (χ2v) is 7.45. The first-order valence-electron chi connectivity index (χ1n) is 9.61. The van der Waals surface area contributed by atoms with Crippen molar-refractivity contribution in [2.24, 2.45) is 0 Å². The number of phenols is 1. The fraction of sp³-hybridized carbons (Fsp3) is 0.364. The number of ether oxygens (including phenoxy) is 1. The molecule has 0 bridgehead atoms. The van der Waals surface area contributed by atoms with Gasteiger partial charge in [0.15, 0.2) is 0 Å². The van der Waals surface area contributed by atoms with E-state index in [1.54, 1.807) is 12.1 Å². The second-order valence-electron chi connectivity index (χ2n) is 7.45. The van der Waals surface area contributed by atoms with Gasteiger partial charge in [0, 0.05) is 22.4 Å². The molecule has 2 aliphatic heterocycles. The Morgan fingerprint density at radius 3 is 2.89 bits per heavy atom. The molecule has 27 heavy (non-hydrogen) atoms. The fourth-order valence-corrected chi connectivity index (χ4v) is 4.60. The molecule has 2 aliphatic rings. The van der Waals surface area contributed by atoms with Gasteiger partial charge >= 0.3 is 0 Å². The van der Waals surface area contributed by atoms with Crippen molar-refractivity contribution >= 4 is 10.9 Å². The maximum atomic E-state index is 13.2. The van der Waals surface area contributed by atoms with Crippen LogP contribution in [0.2, 0.25) is 0 Å². The molecule has 1 aromatic carbocycles. The summed E-state index contributed by atoms with van der Waals surface area (Å²) in [5.74, 6) is 0.504. The Bertz CT molecular complexity index is 1150. The van der Waals surface area contributed by atoms with E-state index < -0.39 is 0 Å². The molecule has 0 amide bonds. The van der Waals surface area contributed by atoms with E-state index in [0.717, 1.165) is 57.4 Å². The van der Waals surface area contributed by atoms with Crippen LogP contribution in [0, 0.1) is 0 Å². The Balaban J connectivity index is 1.81. The van der Waals surface area contributed by atoms with Crippen LogP contribution in [-0.2, 0) is 24.3 Å². The fourth-order valence-electron chi connectivity index (χ4n) is 4.60. The highest BCUT2D eigenvalue weighted by atomic mass is 16.5. The number of aromatic nitrogens is 2. The van der Waals surface area contributed by atoms with E-state index in [1.165, 1.54) is 0 Å². The molecule has 1 N–H and O–H groups in total. The van der Waals surface area contributed by atoms with Crippen molar-refractivity contribution < 1.29 is 9.84 Å². The summed E-state index contributed by atoms with van der Waals surface area (Å²) in [5, 5.41) is 10.9. The van der Waals surface area contributed by atoms with Crippen LogP contribution >= 0.6 is 0 Å². The third-order valence-corrected chi connectivity index (χ3v) is 6.03. The molecule has 5 heteroatoms. The predicted molar refractivity (Wildman–Crippen MR) is 104 cm³/mol. The highest BCUT2D eigenvalue weighted by Gasteiger charge is 2.30. The Labute approximate surface area is 157 Å². The van der Waals surface area contributed by atoms with Gasteiger partial charge < -0.3 is 14.4 Å². The molecule has 0 saturated carbocycles. The summed E-state index contributed by atoms with van der Waals surface area (Å²) in [5.41, 5.74) is 6.91. The molecule has 0 aliphatic carbocycles. The monoisotopic (exact) mass is 362 g/mol. The quantitative estimate of drug-likeness (QED) is 0.590. The summed E-state index contributed by atoms with van der Waals surface area (Å²) < 4.78 is 7.52. The van der Waals surface area contributed by atoms with Crippen molar-refractivity contribution in [2.75, 3.05) is 6.61 Å². The number of hydrogen-bond donors (Lipinski definition) is 1. The third kappa shape index (κ3) is 2.28. The normalized spacial score (nSPS) is 17.6. The van der Waals surface area contributed by atoms with Gasteiger partial charge in [-0.05, 0) is 48.2 Å². The minimum Gasteiger partial charge on any atom is -0.508 e. The van der Waals surface area contributed by atoms with Crippen LogP contribution in [0.5, 0.6) is 5.75 Å². The molecule has 0 radical (unpaired) electrons. The average Bonchev–Trinajstić information content (AvgIpc) is 3.04. The Morgan fingerprint density at radius 1 is 1.26 bits per heavy atom. The van der Waals surface area contributed by atoms with Crippen molar-refractivity contribution in [3.8, 4) is 17.1 Å². The van der Waals surface area contributed by atoms with Gasteiger partial charge in [-0.25, -0.2) is 4.98 Å². The van der Waals surface area contributed by atoms with Gasteiger partial charge in [-0.2, -0.15) is 0 Å². The number of fused-ring (bicyclic) bond motifs is 5. The van der Waals surface area contributed by atoms with Gasteiger partial charge in [0.25, 0.3) is 5.56 Å². The number of nitrogens with zero attached hydrogens (tertiary/aromatic N) is 2. The Morgan fingerprint density at radius 2 is 2.11 bits per heavy atom. The molecule has 5 rings (SSSR count). The van der Waals surface area contributed by atoms with E-state index >= 15 is 0 Å². The predicted octanol–water partition coefficient (Wildman–Crippen LogP) is 3.72. The van der Waals surface area contributed by atoms with Crippen molar-refractivity contribution in [3.63, 3.8) is 0 Å². The molecular weight excluding hydrogens is 340 g/mol. The minimum atomic E-state index is 0.0487. The van der Waals surface area contributed by atoms with Crippen molar-refractivity contribution in [3.05, 3.63) is 56.9 Å². The zero-order chi connectivity index (χ0) is 18.7. The summed E-state index contributed by atoms with van der Waals surface area (Å²) >= 11 is 0. The lowest BCUT2D eigenvalue weighted by Gasteiger charge is -2.25. The second kappa shape index (κ2) is 5.92. The summed E-state index contributed by atoms with van der Waals surface area (Å²) in [6.07, 6.45) is 1.78. The van der Waals surface area contributed by atoms with Crippen molar-refractivity contribution in [2.45, 2.75) is 45.8 Å². The van der Waals surface area contributed by atoms with Crippen LogP contribution < -0.4 is 5.56 Å². The molecule has 1 atom stereocenters. The number of phenolic OH excluding ortho intramolecular Hbond substituents is 1. The lowest BCUT2D eigenvalue weighted by Crippen LogP contribution is -2.30. The van der Waals surface area contributed by atoms with Crippen LogP contribution in [-0.4, -0.2) is 21.3 Å². The molecule has 3 aromatic rings. The van der Waals surface area contributed by atoms with Gasteiger partial charge in [-0.1, -0.05) is 13.8 Å². The van der Waals surface area contributed by atoms with E-state index in [-0.39, 0.29) is 17.2 Å². The first kappa shape index (κ1) is 16.5. The summed E-state index contributed by atoms with van der Waals surface area (Å²) in [4.78, 5) is 18.1. The maximum Gasteiger partial charge on any atom is 0.257 e. The number of pyridine rings is 2. The van der Waals surface area contributed by atoms with E-state index in [4.69, 9.17) is 9.72 Å². The third-order valence-electron chi connectivity index (χ3n) is 6.03. The molecule has 2 aromatic heterocycles. The van der Waals surface area contributed by atoms with Crippen LogP contribution in [0.3, 0.4) is 0 Å². The topological polar surface area (TPSA) is 64.4 Å². The highest BCUT2D eigenvalue weighted by Crippen LogP contribution is 2.39. The maximum absolute atomic E-state index is 13.2. The molecule has 1 unspecified atom stereocenters. The van der Waals surface area contributed by atoms with E-state index in [9.17, 15) is 9.90 Å². The Kier molecular flexibility index (Phi) is 3.62. The molecule has 0 spiro atoms. The van der Waals surface area contributed by atoms with Crippen LogP contribution in [0.4, 0.5) is 0 Å². The van der Waals surface area contributed by atoms with Gasteiger partial charge in [0.2, 0.25) is 0 Å². The van der Waals surface area contributed by atoms with Gasteiger partial charge in [-0.15, -0.1) is 0 Å². The smallest absolute Gasteiger partial charge is 0.257 e. The zero-order valence-corrected chi connectivity index (χ0v) is 15.6. The highest BCUT2D eigenvalue weighted by molar-refractivity contribution is 5.89. The summed E-state index contributed by atoms with van der Waals surface area (Å²) in [6.45, 7) is 5.84. The molecule has 4 heterocycles. The van der Waals surface area contributed by atoms with E-state index in [2.05, 4.69) is 19.9 Å². The minimum absolute atomic E-state index is 0.0487. The van der Waals surface area contributed by atoms with Gasteiger partial charge in [0.05, 0.1) is 36.7 Å². The standard InChI is InChI=1S/C22H22N2O3/c1-3-12-10-27-11-18-15(12)8-20-21-17(9-24(20)22(18)26)14(4-2)16-7-13(25)5-6-19(16)23-21/h5-8,12,25H,3-4,9-11H2,1-2H3. The number of hydrogen-bond acceptors (Lipinski definition) is 4. The molecule has 0 saturated heterocycles. The zero-order valence-electron chi connectivity index (χ0n) is 15.6. The average molecular weight is 362 g/mol. The molecular formula is C22H22N2O3. The molecule has 0 fully saturated rings. The lowest BCUT2D eigenvalue weighted by molar-refractivity contribution is 0.0885. The lowest BCUT2D eigenvalue weighted by atomic mass is 9.91. The van der Waals surface area contributed by atoms with E-state index in [1.807, 2.05) is 10.6 Å². The van der Waals surface area contributed by atoms with Gasteiger partial charge in [0.1, 0.15) is 5.75 Å². The Hall–Kier alpha value is -2.66. The number of aryl methyl sites for hydroxylation is 1. The van der Waals surface area contributed by atoms with Crippen LogP contribution in [0.1, 0.15) is 48.4 Å². The summed E-state index contributed by atoms with van der Waals surface area (Å²) in [6, 6.07) is 7.46. The van der Waals surface area contributed by atoms with Crippen LogP contribution in [0.25, 0.3) is 22.3 Å². The number of benzene rings is 1. The number of rotatable bonds is 2. The summed E-state index contributed by atoms with van der Waals surface area (Å²) in [7, 11) is 0. The van der Waals surface area contributed by atoms with Crippen LogP contribution in [0.15, 0.2) is 29.1 Å². The molecule has 5 nitrogen and oxygen atoms in total. The van der Waals surface area contributed by atoms with E-state index in [0.29, 0.717) is 19.8 Å². The van der Waals surface area contributed by atoms with Crippen molar-refractivity contribution in [1.82, 2.24) is 9.55 Å². The first-order chi connectivity index (χ1) is 13.1. The van der Waals surface area contributed by atoms with Crippen molar-refractivity contribution in [1.29, 1.82) is 0 Å². The number of aromatic hydroxyl groups is 1. The molecule has 138 valence electrons. The largest absolute Gasteiger partial charge is 0.508 e.